The molecule has 8 aliphatic carbocycles. The van der Waals surface area contributed by atoms with Gasteiger partial charge >= 0.3 is 0 Å². The second-order valence-corrected chi connectivity index (χ2v) is 35.6. The predicted molar refractivity (Wildman–Crippen MR) is 236 cm³/mol. The Bertz CT molecular complexity index is 1400. The zero-order chi connectivity index (χ0) is 36.0. The molecule has 300 valence electrons. The fourth-order valence-corrected chi connectivity index (χ4v) is 26.7. The number of hydrogen-bond acceptors (Lipinski definition) is 2. The molecule has 2 aliphatic heterocycles. The van der Waals surface area contributed by atoms with Gasteiger partial charge in [0.05, 0.1) is 8.07 Å². The number of hydrogen-bond donors (Lipinski definition) is 2. The molecule has 0 amide bonds. The fraction of sp³-hybridized carbons (Fsp3) is 0.783. The Balaban J connectivity index is 0.000000618. The van der Waals surface area contributed by atoms with Gasteiger partial charge in [0, 0.05) is 25.1 Å². The van der Waals surface area contributed by atoms with E-state index >= 15 is 0 Å². The summed E-state index contributed by atoms with van der Waals surface area (Å²) in [5, 5.41) is 11.9. The summed E-state index contributed by atoms with van der Waals surface area (Å²) < 4.78 is 0. The van der Waals surface area contributed by atoms with E-state index in [1.54, 1.807) is 64.2 Å². The van der Waals surface area contributed by atoms with E-state index in [9.17, 15) is 0 Å². The molecule has 2 N–H and O–H groups in total. The van der Waals surface area contributed by atoms with Gasteiger partial charge in [0.25, 0.3) is 0 Å². The van der Waals surface area contributed by atoms with Crippen molar-refractivity contribution in [2.45, 2.75) is 139 Å². The molecule has 3 unspecified atom stereocenters. The molecule has 0 spiro atoms. The van der Waals surface area contributed by atoms with Crippen molar-refractivity contribution in [3.8, 4) is 0 Å². The minimum absolute atomic E-state index is 0. The van der Waals surface area contributed by atoms with Crippen LogP contribution >= 0.6 is 17.2 Å². The second-order valence-electron chi connectivity index (χ2n) is 22.1. The van der Waals surface area contributed by atoms with Gasteiger partial charge in [-0.3, -0.25) is 0 Å². The SMILES string of the molecule is C[Si](C)(C)c1c(CP(C2C3CC4CC(C3)CC2C4)C2C3CC4CC(C3)CC2C4)c(C(P)(C2CCNC2)C2CCNC2)c[c-]1[Si](C)(C)C.[Fe].[cH-]1[cH-][cH-][cH-][cH-]1. The average molecular weight is 829 g/mol. The molecular weight excluding hydrogens is 754 g/mol. The van der Waals surface area contributed by atoms with Crippen molar-refractivity contribution in [2.75, 3.05) is 26.2 Å². The van der Waals surface area contributed by atoms with E-state index in [-0.39, 0.29) is 30.1 Å². The van der Waals surface area contributed by atoms with E-state index in [0.717, 1.165) is 70.5 Å². The monoisotopic (exact) mass is 828 g/mol. The predicted octanol–water partition coefficient (Wildman–Crippen LogP) is 9.82. The van der Waals surface area contributed by atoms with Gasteiger partial charge in [-0.15, -0.1) is 17.2 Å². The zero-order valence-electron chi connectivity index (χ0n) is 34.3. The second kappa shape index (κ2) is 15.6. The van der Waals surface area contributed by atoms with Crippen LogP contribution in [-0.2, 0) is 28.4 Å². The first-order valence-corrected chi connectivity index (χ1v) is 31.6. The summed E-state index contributed by atoms with van der Waals surface area (Å²) in [6, 6.07) is 13.0. The van der Waals surface area contributed by atoms with E-state index in [0.29, 0.717) is 0 Å². The Morgan fingerprint density at radius 2 is 1.08 bits per heavy atom. The van der Waals surface area contributed by atoms with Crippen molar-refractivity contribution in [1.29, 1.82) is 0 Å². The third-order valence-corrected chi connectivity index (χ3v) is 26.2. The molecule has 10 aliphatic rings. The first-order valence-electron chi connectivity index (χ1n) is 22.3. The Kier molecular flexibility index (Phi) is 11.8. The summed E-state index contributed by atoms with van der Waals surface area (Å²) >= 11 is 0. The molecule has 8 bridgehead atoms. The summed E-state index contributed by atoms with van der Waals surface area (Å²) in [7, 11) is 0.572. The first-order chi connectivity index (χ1) is 24.9. The smallest absolute Gasteiger partial charge is 0.0508 e. The third kappa shape index (κ3) is 7.49. The molecule has 2 aromatic carbocycles. The number of rotatable bonds is 9. The molecule has 2 aromatic rings. The molecule has 3 atom stereocenters. The van der Waals surface area contributed by atoms with Crippen molar-refractivity contribution in [1.82, 2.24) is 10.6 Å². The van der Waals surface area contributed by atoms with Gasteiger partial charge in [-0.1, -0.05) is 45.4 Å². The van der Waals surface area contributed by atoms with E-state index in [1.807, 2.05) is 51.8 Å². The van der Waals surface area contributed by atoms with Gasteiger partial charge in [0.2, 0.25) is 0 Å². The minimum atomic E-state index is -1.59. The van der Waals surface area contributed by atoms with E-state index < -0.39 is 16.1 Å². The van der Waals surface area contributed by atoms with Gasteiger partial charge in [-0.25, -0.2) is 0 Å². The maximum Gasteiger partial charge on any atom is 0.0508 e. The Labute approximate surface area is 341 Å². The van der Waals surface area contributed by atoms with Crippen LogP contribution in [0.5, 0.6) is 0 Å². The molecule has 10 fully saturated rings. The van der Waals surface area contributed by atoms with Crippen LogP contribution in [0.1, 0.15) is 88.2 Å². The molecule has 2 heterocycles. The van der Waals surface area contributed by atoms with E-state index in [4.69, 9.17) is 0 Å². The average Bonchev–Trinajstić information content (AvgIpc) is 3.91. The Morgan fingerprint density at radius 1 is 0.679 bits per heavy atom. The topological polar surface area (TPSA) is 24.1 Å². The van der Waals surface area contributed by atoms with E-state index in [2.05, 4.69) is 65.2 Å². The zero-order valence-corrected chi connectivity index (χ0v) is 39.4. The largest absolute Gasteiger partial charge is 0.748 e. The first kappa shape index (κ1) is 40.2. The molecule has 2 saturated heterocycles. The van der Waals surface area contributed by atoms with Crippen LogP contribution in [0.3, 0.4) is 0 Å². The quantitative estimate of drug-likeness (QED) is 0.150. The summed E-state index contributed by atoms with van der Waals surface area (Å²) in [6.45, 7) is 21.2. The van der Waals surface area contributed by atoms with Crippen molar-refractivity contribution in [3.05, 3.63) is 47.5 Å². The molecular formula is C46H74FeN2P2Si2-6. The van der Waals surface area contributed by atoms with Crippen LogP contribution in [0, 0.1) is 59.2 Å². The van der Waals surface area contributed by atoms with Crippen molar-refractivity contribution < 1.29 is 17.1 Å². The van der Waals surface area contributed by atoms with Crippen LogP contribution < -0.4 is 21.0 Å². The van der Waals surface area contributed by atoms with Gasteiger partial charge in [0.15, 0.2) is 0 Å². The van der Waals surface area contributed by atoms with Crippen molar-refractivity contribution in [3.63, 3.8) is 0 Å². The van der Waals surface area contributed by atoms with Crippen molar-refractivity contribution in [2.24, 2.45) is 59.2 Å². The third-order valence-electron chi connectivity index (χ3n) is 16.7. The summed E-state index contributed by atoms with van der Waals surface area (Å²) in [6.07, 6.45) is 20.4. The molecule has 12 rings (SSSR count). The van der Waals surface area contributed by atoms with E-state index in [1.165, 1.54) is 45.2 Å². The minimum Gasteiger partial charge on any atom is -0.748 e. The molecule has 53 heavy (non-hydrogen) atoms. The molecule has 0 aromatic heterocycles. The molecule has 7 heteroatoms. The maximum absolute atomic E-state index is 3.87. The van der Waals surface area contributed by atoms with Gasteiger partial charge in [-0.05, 0) is 179 Å². The van der Waals surface area contributed by atoms with Crippen LogP contribution in [0.2, 0.25) is 39.3 Å². The van der Waals surface area contributed by atoms with Gasteiger partial charge in [0.1, 0.15) is 0 Å². The summed E-state index contributed by atoms with van der Waals surface area (Å²) in [5.74, 6) is 10.2. The normalized spacial score (nSPS) is 40.1. The summed E-state index contributed by atoms with van der Waals surface area (Å²) in [5.41, 5.74) is 6.07. The summed E-state index contributed by atoms with van der Waals surface area (Å²) in [4.78, 5) is 0. The van der Waals surface area contributed by atoms with Crippen LogP contribution in [0.15, 0.2) is 36.4 Å². The Hall–Kier alpha value is 0.433. The van der Waals surface area contributed by atoms with Gasteiger partial charge in [-0.2, -0.15) is 27.6 Å². The van der Waals surface area contributed by atoms with Gasteiger partial charge < -0.3 is 41.0 Å². The van der Waals surface area contributed by atoms with Crippen LogP contribution in [0.4, 0.5) is 0 Å². The molecule has 2 nitrogen and oxygen atoms in total. The standard InChI is InChI=1S/C41H69N2P2Si2.C5H5.Fe/c1-46(2,3)37-21-36(41(44,33-7-9-42-22-33)34-8-10-43-23-34)35(40(37)47(4,5)6)24-45(38-29-13-25-11-26(15-29)16-30(38)14-25)39-31-17-27-12-28(19-31)20-32(39)18-27;1-2-4-5-3-1;/h21,25-34,38-39,42-43H,7-20,22-24,44H2,1-6H3;1-5H;/q-1;-5;. The molecule has 8 saturated carbocycles. The van der Waals surface area contributed by atoms with Crippen LogP contribution in [-0.4, -0.2) is 53.6 Å². The molecule has 0 radical (unpaired) electrons. The van der Waals surface area contributed by atoms with Crippen LogP contribution in [0.25, 0.3) is 0 Å². The fourth-order valence-electron chi connectivity index (χ4n) is 15.3. The maximum atomic E-state index is 3.87. The Morgan fingerprint density at radius 3 is 1.40 bits per heavy atom. The number of nitrogens with one attached hydrogen (secondary N) is 2. The van der Waals surface area contributed by atoms with Crippen molar-refractivity contribution >= 4 is 43.7 Å².